The second-order valence-electron chi connectivity index (χ2n) is 4.76. The summed E-state index contributed by atoms with van der Waals surface area (Å²) in [6.07, 6.45) is 2.82. The van der Waals surface area contributed by atoms with Crippen molar-refractivity contribution in [3.8, 4) is 0 Å². The van der Waals surface area contributed by atoms with Crippen LogP contribution in [-0.2, 0) is 11.3 Å². The number of aromatic nitrogens is 1. The molecule has 0 spiro atoms. The maximum Gasteiger partial charge on any atom is 0.188 e. The van der Waals surface area contributed by atoms with Crippen molar-refractivity contribution < 1.29 is 4.74 Å². The lowest BCUT2D eigenvalue weighted by molar-refractivity contribution is 0.0376. The van der Waals surface area contributed by atoms with Gasteiger partial charge in [0.2, 0.25) is 0 Å². The first-order valence-corrected chi connectivity index (χ1v) is 7.08. The minimum absolute atomic E-state index is 0.484. The number of morpholine rings is 1. The summed E-state index contributed by atoms with van der Waals surface area (Å²) in [4.78, 5) is 10.9. The van der Waals surface area contributed by atoms with Gasteiger partial charge in [-0.3, -0.25) is 9.88 Å². The summed E-state index contributed by atoms with van der Waals surface area (Å²) >= 11 is 0. The standard InChI is InChI=1S/C14H23N5O/c15-14(18-12-13-4-1-2-5-16-13)17-6-3-7-19-8-10-20-11-9-19/h1-2,4-5H,3,6-12H2,(H3,15,17,18). The van der Waals surface area contributed by atoms with Crippen molar-refractivity contribution in [3.63, 3.8) is 0 Å². The van der Waals surface area contributed by atoms with Gasteiger partial charge < -0.3 is 15.8 Å². The van der Waals surface area contributed by atoms with E-state index in [2.05, 4.69) is 20.2 Å². The molecule has 3 N–H and O–H groups in total. The van der Waals surface area contributed by atoms with E-state index in [0.717, 1.165) is 51.5 Å². The van der Waals surface area contributed by atoms with Crippen LogP contribution >= 0.6 is 0 Å². The SMILES string of the molecule is NC(=NCc1ccccn1)NCCCN1CCOCC1. The van der Waals surface area contributed by atoms with Crippen LogP contribution in [0.2, 0.25) is 0 Å². The summed E-state index contributed by atoms with van der Waals surface area (Å²) in [5.41, 5.74) is 6.74. The minimum Gasteiger partial charge on any atom is -0.379 e. The molecule has 1 saturated heterocycles. The predicted octanol–water partition coefficient (Wildman–Crippen LogP) is 0.208. The van der Waals surface area contributed by atoms with Gasteiger partial charge in [0.15, 0.2) is 5.96 Å². The van der Waals surface area contributed by atoms with E-state index >= 15 is 0 Å². The largest absolute Gasteiger partial charge is 0.379 e. The van der Waals surface area contributed by atoms with Crippen molar-refractivity contribution in [2.24, 2.45) is 10.7 Å². The predicted molar refractivity (Wildman–Crippen MR) is 79.4 cm³/mol. The van der Waals surface area contributed by atoms with E-state index in [1.165, 1.54) is 0 Å². The Morgan fingerprint density at radius 1 is 1.40 bits per heavy atom. The first kappa shape index (κ1) is 14.7. The molecule has 1 aromatic rings. The molecule has 0 unspecified atom stereocenters. The molecule has 0 aromatic carbocycles. The number of nitrogens with two attached hydrogens (primary N) is 1. The summed E-state index contributed by atoms with van der Waals surface area (Å²) in [5, 5.41) is 3.13. The third-order valence-corrected chi connectivity index (χ3v) is 3.20. The van der Waals surface area contributed by atoms with Crippen LogP contribution in [0.25, 0.3) is 0 Å². The normalized spacial score (nSPS) is 17.1. The second kappa shape index (κ2) is 8.50. The average molecular weight is 277 g/mol. The summed E-state index contributed by atoms with van der Waals surface area (Å²) in [7, 11) is 0. The molecule has 0 bridgehead atoms. The van der Waals surface area contributed by atoms with E-state index in [1.807, 2.05) is 18.2 Å². The summed E-state index contributed by atoms with van der Waals surface area (Å²) in [6, 6.07) is 5.78. The number of nitrogens with zero attached hydrogens (tertiary/aromatic N) is 3. The number of guanidine groups is 1. The van der Waals surface area contributed by atoms with Crippen molar-refractivity contribution in [2.45, 2.75) is 13.0 Å². The molecule has 0 radical (unpaired) electrons. The van der Waals surface area contributed by atoms with Crippen LogP contribution in [0.5, 0.6) is 0 Å². The van der Waals surface area contributed by atoms with Crippen LogP contribution in [0.1, 0.15) is 12.1 Å². The molecule has 1 aromatic heterocycles. The monoisotopic (exact) mass is 277 g/mol. The third kappa shape index (κ3) is 5.54. The number of ether oxygens (including phenoxy) is 1. The van der Waals surface area contributed by atoms with Gasteiger partial charge in [-0.15, -0.1) is 0 Å². The van der Waals surface area contributed by atoms with Gasteiger partial charge in [0.25, 0.3) is 0 Å². The minimum atomic E-state index is 0.484. The lowest BCUT2D eigenvalue weighted by Gasteiger charge is -2.26. The molecule has 2 rings (SSSR count). The lowest BCUT2D eigenvalue weighted by Crippen LogP contribution is -2.39. The van der Waals surface area contributed by atoms with Gasteiger partial charge in [-0.1, -0.05) is 6.07 Å². The number of nitrogens with one attached hydrogen (secondary N) is 1. The fourth-order valence-electron chi connectivity index (χ4n) is 2.06. The zero-order valence-corrected chi connectivity index (χ0v) is 11.8. The van der Waals surface area contributed by atoms with E-state index in [1.54, 1.807) is 6.20 Å². The molecule has 0 atom stereocenters. The fraction of sp³-hybridized carbons (Fsp3) is 0.571. The Bertz CT molecular complexity index is 403. The molecule has 6 nitrogen and oxygen atoms in total. The molecule has 1 aliphatic heterocycles. The Morgan fingerprint density at radius 2 is 2.25 bits per heavy atom. The molecular formula is C14H23N5O. The van der Waals surface area contributed by atoms with Gasteiger partial charge in [-0.05, 0) is 25.1 Å². The molecule has 0 amide bonds. The zero-order valence-electron chi connectivity index (χ0n) is 11.8. The Morgan fingerprint density at radius 3 is 3.00 bits per heavy atom. The highest BCUT2D eigenvalue weighted by Crippen LogP contribution is 1.97. The molecular weight excluding hydrogens is 254 g/mol. The molecule has 20 heavy (non-hydrogen) atoms. The summed E-state index contributed by atoms with van der Waals surface area (Å²) in [5.74, 6) is 0.484. The average Bonchev–Trinajstić information content (AvgIpc) is 2.52. The van der Waals surface area contributed by atoms with Gasteiger partial charge >= 0.3 is 0 Å². The molecule has 0 saturated carbocycles. The highest BCUT2D eigenvalue weighted by atomic mass is 16.5. The van der Waals surface area contributed by atoms with Crippen LogP contribution in [0.3, 0.4) is 0 Å². The number of rotatable bonds is 6. The molecule has 1 fully saturated rings. The smallest absolute Gasteiger partial charge is 0.188 e. The topological polar surface area (TPSA) is 75.8 Å². The van der Waals surface area contributed by atoms with Crippen LogP contribution in [0, 0.1) is 0 Å². The van der Waals surface area contributed by atoms with Gasteiger partial charge in [0.1, 0.15) is 0 Å². The third-order valence-electron chi connectivity index (χ3n) is 3.20. The maximum atomic E-state index is 5.82. The Kier molecular flexibility index (Phi) is 6.26. The van der Waals surface area contributed by atoms with Gasteiger partial charge in [-0.2, -0.15) is 0 Å². The Labute approximate surface area is 120 Å². The van der Waals surface area contributed by atoms with Crippen molar-refractivity contribution in [3.05, 3.63) is 30.1 Å². The van der Waals surface area contributed by atoms with E-state index < -0.39 is 0 Å². The van der Waals surface area contributed by atoms with Crippen molar-refractivity contribution in [1.29, 1.82) is 0 Å². The second-order valence-corrected chi connectivity index (χ2v) is 4.76. The molecule has 2 heterocycles. The van der Waals surface area contributed by atoms with E-state index in [9.17, 15) is 0 Å². The summed E-state index contributed by atoms with van der Waals surface area (Å²) < 4.78 is 5.32. The number of hydrogen-bond donors (Lipinski definition) is 2. The van der Waals surface area contributed by atoms with Gasteiger partial charge in [-0.25, -0.2) is 4.99 Å². The summed E-state index contributed by atoms with van der Waals surface area (Å²) in [6.45, 7) is 6.19. The first-order chi connectivity index (χ1) is 9.84. The van der Waals surface area contributed by atoms with Crippen LogP contribution in [-0.4, -0.2) is 55.2 Å². The van der Waals surface area contributed by atoms with Crippen LogP contribution in [0.4, 0.5) is 0 Å². The lowest BCUT2D eigenvalue weighted by atomic mass is 10.3. The van der Waals surface area contributed by atoms with Gasteiger partial charge in [0, 0.05) is 25.8 Å². The molecule has 6 heteroatoms. The number of pyridine rings is 1. The fourth-order valence-corrected chi connectivity index (χ4v) is 2.06. The van der Waals surface area contributed by atoms with E-state index in [4.69, 9.17) is 10.5 Å². The van der Waals surface area contributed by atoms with Crippen LogP contribution < -0.4 is 11.1 Å². The first-order valence-electron chi connectivity index (χ1n) is 7.08. The maximum absolute atomic E-state index is 5.82. The van der Waals surface area contributed by atoms with Crippen molar-refractivity contribution >= 4 is 5.96 Å². The molecule has 0 aliphatic carbocycles. The van der Waals surface area contributed by atoms with Crippen molar-refractivity contribution in [2.75, 3.05) is 39.4 Å². The molecule has 110 valence electrons. The van der Waals surface area contributed by atoms with E-state index in [-0.39, 0.29) is 0 Å². The highest BCUT2D eigenvalue weighted by molar-refractivity contribution is 5.77. The van der Waals surface area contributed by atoms with E-state index in [0.29, 0.717) is 12.5 Å². The highest BCUT2D eigenvalue weighted by Gasteiger charge is 2.08. The molecule has 1 aliphatic rings. The quantitative estimate of drug-likeness (QED) is 0.441. The van der Waals surface area contributed by atoms with Crippen LogP contribution in [0.15, 0.2) is 29.4 Å². The Hall–Kier alpha value is -1.66. The van der Waals surface area contributed by atoms with Gasteiger partial charge in [0.05, 0.1) is 25.5 Å². The Balaban J connectivity index is 1.58. The number of hydrogen-bond acceptors (Lipinski definition) is 4. The van der Waals surface area contributed by atoms with Crippen molar-refractivity contribution in [1.82, 2.24) is 15.2 Å². The number of aliphatic imine (C=N–C) groups is 1. The zero-order chi connectivity index (χ0) is 14.0.